The zero-order chi connectivity index (χ0) is 12.3. The number of hydrogen-bond acceptors (Lipinski definition) is 1. The summed E-state index contributed by atoms with van der Waals surface area (Å²) >= 11 is 3.08. The van der Waals surface area contributed by atoms with Crippen molar-refractivity contribution in [2.24, 2.45) is 0 Å². The van der Waals surface area contributed by atoms with Crippen LogP contribution in [0.3, 0.4) is 0 Å². The molecule has 1 aliphatic rings. The summed E-state index contributed by atoms with van der Waals surface area (Å²) < 4.78 is 27.7. The van der Waals surface area contributed by atoms with E-state index in [0.29, 0.717) is 4.47 Å². The fourth-order valence-electron chi connectivity index (χ4n) is 2.31. The number of anilines is 1. The molecule has 0 aromatic heterocycles. The predicted octanol–water partition coefficient (Wildman–Crippen LogP) is 4.86. The van der Waals surface area contributed by atoms with Gasteiger partial charge in [0.15, 0.2) is 0 Å². The maximum Gasteiger partial charge on any atom is 0.150 e. The van der Waals surface area contributed by atoms with Gasteiger partial charge in [0.2, 0.25) is 0 Å². The smallest absolute Gasteiger partial charge is 0.150 e. The van der Waals surface area contributed by atoms with Gasteiger partial charge in [-0.05, 0) is 25.0 Å². The Kier molecular flexibility index (Phi) is 4.37. The molecule has 1 nitrogen and oxygen atoms in total. The maximum absolute atomic E-state index is 13.6. The summed E-state index contributed by atoms with van der Waals surface area (Å²) in [6.07, 6.45) is 6.71. The first-order valence-corrected chi connectivity index (χ1v) is 6.87. The fourth-order valence-corrected chi connectivity index (χ4v) is 2.71. The second-order valence-electron chi connectivity index (χ2n) is 4.58. The Morgan fingerprint density at radius 2 is 1.53 bits per heavy atom. The van der Waals surface area contributed by atoms with Gasteiger partial charge in [0.05, 0.1) is 0 Å². The molecule has 0 saturated heterocycles. The molecule has 0 spiro atoms. The van der Waals surface area contributed by atoms with Crippen molar-refractivity contribution < 1.29 is 8.78 Å². The van der Waals surface area contributed by atoms with Gasteiger partial charge in [0.25, 0.3) is 0 Å². The van der Waals surface area contributed by atoms with Gasteiger partial charge in [0.1, 0.15) is 17.3 Å². The third kappa shape index (κ3) is 3.41. The normalized spacial score (nSPS) is 17.8. The average Bonchev–Trinajstić information content (AvgIpc) is 2.51. The average molecular weight is 304 g/mol. The molecule has 1 saturated carbocycles. The molecule has 94 valence electrons. The van der Waals surface area contributed by atoms with Crippen LogP contribution in [-0.2, 0) is 0 Å². The molecule has 0 amide bonds. The zero-order valence-corrected chi connectivity index (χ0v) is 11.2. The molecule has 1 N–H and O–H groups in total. The number of rotatable bonds is 2. The first-order chi connectivity index (χ1) is 8.16. The minimum absolute atomic E-state index is 0.0140. The monoisotopic (exact) mass is 303 g/mol. The molecule has 0 unspecified atom stereocenters. The van der Waals surface area contributed by atoms with Crippen LogP contribution in [0.15, 0.2) is 16.6 Å². The van der Waals surface area contributed by atoms with Gasteiger partial charge in [-0.1, -0.05) is 41.6 Å². The molecule has 1 aromatic rings. The molecule has 0 aliphatic heterocycles. The Morgan fingerprint density at radius 3 is 2.06 bits per heavy atom. The largest absolute Gasteiger partial charge is 0.378 e. The Balaban J connectivity index is 2.11. The second-order valence-corrected chi connectivity index (χ2v) is 5.49. The summed E-state index contributed by atoms with van der Waals surface area (Å²) in [5.74, 6) is -1.05. The van der Waals surface area contributed by atoms with E-state index in [9.17, 15) is 8.78 Å². The van der Waals surface area contributed by atoms with E-state index in [4.69, 9.17) is 0 Å². The molecular weight excluding hydrogens is 288 g/mol. The molecule has 0 bridgehead atoms. The van der Waals surface area contributed by atoms with Crippen molar-refractivity contribution in [3.05, 3.63) is 28.2 Å². The van der Waals surface area contributed by atoms with Crippen LogP contribution in [0.4, 0.5) is 14.5 Å². The van der Waals surface area contributed by atoms with Gasteiger partial charge < -0.3 is 5.32 Å². The van der Waals surface area contributed by atoms with Crippen LogP contribution in [0, 0.1) is 11.6 Å². The highest BCUT2D eigenvalue weighted by atomic mass is 79.9. The molecule has 1 fully saturated rings. The number of hydrogen-bond donors (Lipinski definition) is 1. The van der Waals surface area contributed by atoms with Gasteiger partial charge in [0, 0.05) is 10.5 Å². The third-order valence-electron chi connectivity index (χ3n) is 3.21. The number of halogens is 3. The third-order valence-corrected chi connectivity index (χ3v) is 3.67. The van der Waals surface area contributed by atoms with Gasteiger partial charge in [-0.25, -0.2) is 8.78 Å². The van der Waals surface area contributed by atoms with Crippen molar-refractivity contribution in [1.82, 2.24) is 0 Å². The van der Waals surface area contributed by atoms with Crippen LogP contribution in [0.1, 0.15) is 38.5 Å². The van der Waals surface area contributed by atoms with Gasteiger partial charge in [-0.15, -0.1) is 0 Å². The zero-order valence-electron chi connectivity index (χ0n) is 9.61. The topological polar surface area (TPSA) is 12.0 Å². The molecule has 0 heterocycles. The predicted molar refractivity (Wildman–Crippen MR) is 69.2 cm³/mol. The van der Waals surface area contributed by atoms with Crippen molar-refractivity contribution in [2.45, 2.75) is 44.6 Å². The van der Waals surface area contributed by atoms with E-state index in [-0.39, 0.29) is 11.7 Å². The first kappa shape index (κ1) is 12.8. The Hall–Kier alpha value is -0.640. The SMILES string of the molecule is Fc1cc(Br)cc(F)c1NC1CCCCCC1. The van der Waals surface area contributed by atoms with Crippen molar-refractivity contribution in [3.8, 4) is 0 Å². The molecule has 0 atom stereocenters. The first-order valence-electron chi connectivity index (χ1n) is 6.08. The van der Waals surface area contributed by atoms with Gasteiger partial charge >= 0.3 is 0 Å². The van der Waals surface area contributed by atoms with Crippen LogP contribution in [0.2, 0.25) is 0 Å². The lowest BCUT2D eigenvalue weighted by Gasteiger charge is -2.18. The van der Waals surface area contributed by atoms with E-state index in [1.807, 2.05) is 0 Å². The van der Waals surface area contributed by atoms with Crippen LogP contribution in [0.5, 0.6) is 0 Å². The van der Waals surface area contributed by atoms with Crippen molar-refractivity contribution in [2.75, 3.05) is 5.32 Å². The minimum Gasteiger partial charge on any atom is -0.378 e. The lowest BCUT2D eigenvalue weighted by atomic mass is 10.1. The van der Waals surface area contributed by atoms with Crippen LogP contribution >= 0.6 is 15.9 Å². The summed E-state index contributed by atoms with van der Waals surface area (Å²) in [6, 6.07) is 2.78. The quantitative estimate of drug-likeness (QED) is 0.769. The highest BCUT2D eigenvalue weighted by Crippen LogP contribution is 2.27. The Morgan fingerprint density at radius 1 is 1.00 bits per heavy atom. The van der Waals surface area contributed by atoms with E-state index >= 15 is 0 Å². The van der Waals surface area contributed by atoms with Gasteiger partial charge in [-0.2, -0.15) is 0 Å². The Labute approximate surface area is 109 Å². The summed E-state index contributed by atoms with van der Waals surface area (Å²) in [7, 11) is 0. The molecule has 0 radical (unpaired) electrons. The minimum atomic E-state index is -0.527. The Bertz CT molecular complexity index is 364. The van der Waals surface area contributed by atoms with Crippen molar-refractivity contribution in [1.29, 1.82) is 0 Å². The number of nitrogens with one attached hydrogen (secondary N) is 1. The van der Waals surface area contributed by atoms with E-state index in [2.05, 4.69) is 21.2 Å². The molecular formula is C13H16BrF2N. The number of benzene rings is 1. The second kappa shape index (κ2) is 5.80. The van der Waals surface area contributed by atoms with Crippen molar-refractivity contribution >= 4 is 21.6 Å². The van der Waals surface area contributed by atoms with Gasteiger partial charge in [-0.3, -0.25) is 0 Å². The lowest BCUT2D eigenvalue weighted by Crippen LogP contribution is -2.20. The summed E-state index contributed by atoms with van der Waals surface area (Å²) in [5.41, 5.74) is 0.0140. The van der Waals surface area contributed by atoms with E-state index in [1.165, 1.54) is 25.0 Å². The summed E-state index contributed by atoms with van der Waals surface area (Å²) in [4.78, 5) is 0. The van der Waals surface area contributed by atoms with Crippen LogP contribution in [0.25, 0.3) is 0 Å². The highest BCUT2D eigenvalue weighted by molar-refractivity contribution is 9.10. The fraction of sp³-hybridized carbons (Fsp3) is 0.538. The van der Waals surface area contributed by atoms with E-state index in [1.54, 1.807) is 0 Å². The van der Waals surface area contributed by atoms with E-state index < -0.39 is 11.6 Å². The molecule has 17 heavy (non-hydrogen) atoms. The maximum atomic E-state index is 13.6. The molecule has 1 aliphatic carbocycles. The van der Waals surface area contributed by atoms with Crippen molar-refractivity contribution in [3.63, 3.8) is 0 Å². The van der Waals surface area contributed by atoms with Crippen LogP contribution < -0.4 is 5.32 Å². The molecule has 2 rings (SSSR count). The molecule has 4 heteroatoms. The van der Waals surface area contributed by atoms with E-state index in [0.717, 1.165) is 25.7 Å². The van der Waals surface area contributed by atoms with Crippen LogP contribution in [-0.4, -0.2) is 6.04 Å². The highest BCUT2D eigenvalue weighted by Gasteiger charge is 2.16. The standard InChI is InChI=1S/C13H16BrF2N/c14-9-7-11(15)13(12(16)8-9)17-10-5-3-1-2-4-6-10/h7-8,10,17H,1-6H2. The summed E-state index contributed by atoms with van der Waals surface area (Å²) in [6.45, 7) is 0. The summed E-state index contributed by atoms with van der Waals surface area (Å²) in [5, 5.41) is 3.01. The lowest BCUT2D eigenvalue weighted by molar-refractivity contribution is 0.564. The molecule has 1 aromatic carbocycles.